The highest BCUT2D eigenvalue weighted by atomic mass is 35.5. The third kappa shape index (κ3) is 4.72. The molecule has 2 heterocycles. The number of nitrogens with zero attached hydrogens (tertiary/aromatic N) is 2. The summed E-state index contributed by atoms with van der Waals surface area (Å²) < 4.78 is 65.2. The first-order valence-corrected chi connectivity index (χ1v) is 11.4. The third-order valence-electron chi connectivity index (χ3n) is 4.53. The molecule has 0 spiro atoms. The number of pyridine rings is 1. The summed E-state index contributed by atoms with van der Waals surface area (Å²) in [4.78, 5) is 3.43. The van der Waals surface area contributed by atoms with Crippen LogP contribution in [0.3, 0.4) is 0 Å². The van der Waals surface area contributed by atoms with Gasteiger partial charge in [-0.3, -0.25) is 9.19 Å². The van der Waals surface area contributed by atoms with Gasteiger partial charge >= 0.3 is 6.18 Å². The summed E-state index contributed by atoms with van der Waals surface area (Å²) >= 11 is 11.9. The number of rotatable bonds is 5. The summed E-state index contributed by atoms with van der Waals surface area (Å²) in [6, 6.07) is 6.01. The Morgan fingerprint density at radius 1 is 1.23 bits per heavy atom. The number of hydrogen-bond acceptors (Lipinski definition) is 5. The number of β-amino-alcohol motifs (C(OH)–C–C–N with tert-alkyl or cyclic N) is 1. The molecule has 1 fully saturated rings. The Balaban J connectivity index is 1.86. The molecule has 1 aliphatic heterocycles. The van der Waals surface area contributed by atoms with Gasteiger partial charge in [-0.1, -0.05) is 23.2 Å². The normalized spacial score (nSPS) is 24.7. The molecule has 1 aromatic carbocycles. The zero-order valence-electron chi connectivity index (χ0n) is 15.0. The van der Waals surface area contributed by atoms with Gasteiger partial charge in [-0.2, -0.15) is 13.2 Å². The Morgan fingerprint density at radius 3 is 2.47 bits per heavy atom. The van der Waals surface area contributed by atoms with Gasteiger partial charge in [0.2, 0.25) is 0 Å². The molecule has 4 atom stereocenters. The maximum absolute atomic E-state index is 12.9. The number of aliphatic hydroxyl groups is 2. The first-order valence-electron chi connectivity index (χ1n) is 8.35. The van der Waals surface area contributed by atoms with Crippen LogP contribution in [0.25, 0.3) is 0 Å². The fourth-order valence-corrected chi connectivity index (χ4v) is 6.52. The number of aliphatic hydroxyl groups excluding tert-OH is 1. The van der Waals surface area contributed by atoms with Gasteiger partial charge in [0.15, 0.2) is 0 Å². The second-order valence-electron chi connectivity index (χ2n) is 6.57. The molecule has 0 bridgehead atoms. The molecular weight excluding hydrogens is 488 g/mol. The molecule has 2 N–H and O–H groups in total. The van der Waals surface area contributed by atoms with E-state index >= 15 is 0 Å². The average molecular weight is 503 g/mol. The lowest BCUT2D eigenvalue weighted by atomic mass is 10.1. The molecule has 13 heteroatoms. The maximum Gasteiger partial charge on any atom is 0.433 e. The van der Waals surface area contributed by atoms with Crippen molar-refractivity contribution in [2.24, 2.45) is 0 Å². The van der Waals surface area contributed by atoms with Crippen LogP contribution < -0.4 is 0 Å². The zero-order chi connectivity index (χ0) is 22.3. The number of alkyl halides is 3. The summed E-state index contributed by atoms with van der Waals surface area (Å²) in [6.45, 7) is -1.25. The minimum Gasteiger partial charge on any atom is -0.393 e. The summed E-state index contributed by atoms with van der Waals surface area (Å²) in [5.74, 6) is 0. The van der Waals surface area contributed by atoms with Gasteiger partial charge in [0.25, 0.3) is 0 Å². The Labute approximate surface area is 184 Å². The van der Waals surface area contributed by atoms with Crippen molar-refractivity contribution in [2.75, 3.05) is 19.7 Å². The predicted octanol–water partition coefficient (Wildman–Crippen LogP) is 2.65. The van der Waals surface area contributed by atoms with E-state index in [0.717, 1.165) is 12.3 Å². The molecule has 2 aromatic rings. The van der Waals surface area contributed by atoms with Crippen LogP contribution in [0, 0.1) is 0 Å². The maximum atomic E-state index is 12.9. The predicted molar refractivity (Wildman–Crippen MR) is 106 cm³/mol. The lowest BCUT2D eigenvalue weighted by Crippen LogP contribution is -2.47. The largest absolute Gasteiger partial charge is 0.433 e. The highest BCUT2D eigenvalue weighted by Crippen LogP contribution is 2.34. The van der Waals surface area contributed by atoms with Crippen molar-refractivity contribution >= 4 is 45.0 Å². The molecule has 0 aliphatic carbocycles. The highest BCUT2D eigenvalue weighted by Gasteiger charge is 2.50. The molecule has 1 aromatic heterocycles. The van der Waals surface area contributed by atoms with Gasteiger partial charge in [-0.05, 0) is 30.3 Å². The fraction of sp³-hybridized carbons (Fsp3) is 0.353. The third-order valence-corrected chi connectivity index (χ3v) is 8.48. The van der Waals surface area contributed by atoms with Gasteiger partial charge in [-0.15, -0.1) is 0 Å². The van der Waals surface area contributed by atoms with Crippen LogP contribution >= 0.6 is 23.2 Å². The van der Waals surface area contributed by atoms with Gasteiger partial charge in [0.05, 0.1) is 37.5 Å². The molecule has 164 valence electrons. The van der Waals surface area contributed by atoms with Gasteiger partial charge in [-0.25, -0.2) is 8.51 Å². The smallest absolute Gasteiger partial charge is 0.393 e. The first kappa shape index (κ1) is 23.6. The lowest BCUT2D eigenvalue weighted by Gasteiger charge is -2.26. The van der Waals surface area contributed by atoms with Crippen molar-refractivity contribution in [3.8, 4) is 0 Å². The van der Waals surface area contributed by atoms with Crippen LogP contribution in [-0.4, -0.2) is 58.5 Å². The monoisotopic (exact) mass is 502 g/mol. The Morgan fingerprint density at radius 2 is 1.93 bits per heavy atom. The molecular formula is C17H15Cl2F3N2O4S2. The quantitative estimate of drug-likeness (QED) is 0.655. The number of hydrogen-bond donors (Lipinski definition) is 2. The minimum absolute atomic E-state index is 0.0583. The van der Waals surface area contributed by atoms with Gasteiger partial charge < -0.3 is 10.2 Å². The van der Waals surface area contributed by atoms with Crippen LogP contribution in [-0.2, 0) is 28.0 Å². The Hall–Kier alpha value is -1.08. The van der Waals surface area contributed by atoms with Crippen molar-refractivity contribution in [1.29, 1.82) is 0 Å². The van der Waals surface area contributed by atoms with Crippen molar-refractivity contribution in [3.63, 3.8) is 0 Å². The van der Waals surface area contributed by atoms with Crippen molar-refractivity contribution < 1.29 is 31.8 Å². The lowest BCUT2D eigenvalue weighted by molar-refractivity contribution is -0.141. The van der Waals surface area contributed by atoms with Gasteiger partial charge in [0.1, 0.15) is 22.3 Å². The van der Waals surface area contributed by atoms with E-state index in [9.17, 15) is 31.8 Å². The van der Waals surface area contributed by atoms with E-state index in [1.54, 1.807) is 0 Å². The molecule has 3 rings (SSSR count). The van der Waals surface area contributed by atoms with E-state index in [0.29, 0.717) is 11.1 Å². The Kier molecular flexibility index (Phi) is 6.93. The van der Waals surface area contributed by atoms with E-state index in [1.807, 2.05) is 0 Å². The summed E-state index contributed by atoms with van der Waals surface area (Å²) in [7, 11) is -3.90. The van der Waals surface area contributed by atoms with Crippen molar-refractivity contribution in [2.45, 2.75) is 26.8 Å². The molecule has 6 nitrogen and oxygen atoms in total. The van der Waals surface area contributed by atoms with Crippen molar-refractivity contribution in [1.82, 2.24) is 9.29 Å². The SMILES string of the molecule is O=S(c1ccc(C(F)(F)F)nc1)[C@H]1CN(S(=O)c2ccc(Cl)cc2Cl)CC1(O)CO. The topological polar surface area (TPSA) is 90.7 Å². The summed E-state index contributed by atoms with van der Waals surface area (Å²) in [5.41, 5.74) is -3.05. The molecule has 0 saturated carbocycles. The van der Waals surface area contributed by atoms with Crippen LogP contribution in [0.2, 0.25) is 10.0 Å². The van der Waals surface area contributed by atoms with E-state index < -0.39 is 51.1 Å². The van der Waals surface area contributed by atoms with E-state index in [-0.39, 0.29) is 27.9 Å². The van der Waals surface area contributed by atoms with E-state index in [4.69, 9.17) is 23.2 Å². The number of halogens is 5. The fourth-order valence-electron chi connectivity index (χ4n) is 2.96. The second kappa shape index (κ2) is 8.81. The van der Waals surface area contributed by atoms with Crippen molar-refractivity contribution in [3.05, 3.63) is 52.3 Å². The number of aromatic nitrogens is 1. The second-order valence-corrected chi connectivity index (χ2v) is 10.5. The van der Waals surface area contributed by atoms with E-state index in [2.05, 4.69) is 4.98 Å². The molecule has 0 amide bonds. The first-order chi connectivity index (χ1) is 14.0. The zero-order valence-corrected chi connectivity index (χ0v) is 18.1. The van der Waals surface area contributed by atoms with Crippen LogP contribution in [0.4, 0.5) is 13.2 Å². The molecule has 3 unspecified atom stereocenters. The molecule has 30 heavy (non-hydrogen) atoms. The summed E-state index contributed by atoms with van der Waals surface area (Å²) in [6.07, 6.45) is -3.84. The highest BCUT2D eigenvalue weighted by molar-refractivity contribution is 7.86. The average Bonchev–Trinajstić information content (AvgIpc) is 3.04. The van der Waals surface area contributed by atoms with Gasteiger partial charge in [0, 0.05) is 24.3 Å². The minimum atomic E-state index is -4.65. The van der Waals surface area contributed by atoms with E-state index in [1.165, 1.54) is 22.5 Å². The molecule has 1 aliphatic rings. The Bertz CT molecular complexity index is 994. The molecule has 0 radical (unpaired) electrons. The van der Waals surface area contributed by atoms with Crippen LogP contribution in [0.5, 0.6) is 0 Å². The number of benzene rings is 1. The summed E-state index contributed by atoms with van der Waals surface area (Å²) in [5, 5.41) is 19.8. The van der Waals surface area contributed by atoms with Crippen LogP contribution in [0.1, 0.15) is 5.69 Å². The molecule has 1 saturated heterocycles. The van der Waals surface area contributed by atoms with Crippen LogP contribution in [0.15, 0.2) is 46.3 Å². The standard InChI is InChI=1S/C17H15Cl2F3N2O4S2/c18-10-1-3-13(12(19)5-10)30(28)24-7-15(16(26,8-24)9-25)29(27)11-2-4-14(23-6-11)17(20,21)22/h1-6,15,25-26H,7-9H2/t15-,16?,29?,30?/m0/s1.